The topological polar surface area (TPSA) is 64.8 Å². The van der Waals surface area contributed by atoms with Crippen LogP contribution in [0.2, 0.25) is 0 Å². The smallest absolute Gasteiger partial charge is 0.225 e. The Morgan fingerprint density at radius 1 is 1.33 bits per heavy atom. The second-order valence-corrected chi connectivity index (χ2v) is 6.59. The van der Waals surface area contributed by atoms with Crippen molar-refractivity contribution in [1.29, 1.82) is 0 Å². The molecule has 0 aliphatic carbocycles. The Kier molecular flexibility index (Phi) is 3.84. The van der Waals surface area contributed by atoms with Crippen LogP contribution >= 0.6 is 15.9 Å². The number of rotatable bonds is 2. The summed E-state index contributed by atoms with van der Waals surface area (Å²) in [7, 11) is 0. The van der Waals surface area contributed by atoms with Gasteiger partial charge in [-0.2, -0.15) is 0 Å². The van der Waals surface area contributed by atoms with Crippen molar-refractivity contribution in [3.63, 3.8) is 0 Å². The molecule has 3 rings (SSSR count). The van der Waals surface area contributed by atoms with Crippen LogP contribution in [-0.2, 0) is 4.79 Å². The van der Waals surface area contributed by atoms with E-state index in [0.717, 1.165) is 15.8 Å². The predicted octanol–water partition coefficient (Wildman–Crippen LogP) is 2.23. The summed E-state index contributed by atoms with van der Waals surface area (Å²) >= 11 is 3.52. The molecule has 1 fully saturated rings. The summed E-state index contributed by atoms with van der Waals surface area (Å²) in [5.74, 6) is 1.54. The average molecular weight is 355 g/mol. The number of nitrogens with two attached hydrogens (primary N) is 1. The summed E-state index contributed by atoms with van der Waals surface area (Å²) in [4.78, 5) is 14.0. The van der Waals surface area contributed by atoms with Gasteiger partial charge in [-0.25, -0.2) is 0 Å². The molecule has 0 bridgehead atoms. The van der Waals surface area contributed by atoms with E-state index in [4.69, 9.17) is 15.2 Å². The zero-order valence-corrected chi connectivity index (χ0v) is 13.7. The second-order valence-electron chi connectivity index (χ2n) is 5.73. The standard InChI is InChI=1S/C15H19BrN2O3/c1-8(2)18-13(19)7-11(17)14(18)9-5-10(16)15-12(6-9)20-3-4-21-15/h5-6,8,11,14H,3-4,7,17H2,1-2H3. The van der Waals surface area contributed by atoms with Gasteiger partial charge in [0.25, 0.3) is 0 Å². The highest BCUT2D eigenvalue weighted by atomic mass is 79.9. The van der Waals surface area contributed by atoms with Crippen LogP contribution < -0.4 is 15.2 Å². The molecule has 2 aliphatic heterocycles. The SMILES string of the molecule is CC(C)N1C(=O)CC(N)C1c1cc(Br)c2c(c1)OCCO2. The second kappa shape index (κ2) is 5.50. The van der Waals surface area contributed by atoms with E-state index in [1.54, 1.807) is 0 Å². The Balaban J connectivity index is 2.03. The summed E-state index contributed by atoms with van der Waals surface area (Å²) in [6, 6.07) is 3.71. The minimum atomic E-state index is -0.200. The first-order valence-corrected chi connectivity index (χ1v) is 7.94. The molecular weight excluding hydrogens is 336 g/mol. The lowest BCUT2D eigenvalue weighted by Gasteiger charge is -2.31. The van der Waals surface area contributed by atoms with E-state index >= 15 is 0 Å². The lowest BCUT2D eigenvalue weighted by Crippen LogP contribution is -2.37. The molecule has 1 aromatic rings. The zero-order chi connectivity index (χ0) is 15.1. The van der Waals surface area contributed by atoms with E-state index < -0.39 is 0 Å². The summed E-state index contributed by atoms with van der Waals surface area (Å²) in [5, 5.41) is 0. The maximum absolute atomic E-state index is 12.2. The average Bonchev–Trinajstić information content (AvgIpc) is 2.73. The van der Waals surface area contributed by atoms with E-state index in [1.165, 1.54) is 0 Å². The van der Waals surface area contributed by atoms with Crippen molar-refractivity contribution in [1.82, 2.24) is 4.90 Å². The maximum atomic E-state index is 12.2. The van der Waals surface area contributed by atoms with Crippen molar-refractivity contribution in [3.8, 4) is 11.5 Å². The molecule has 0 radical (unpaired) electrons. The van der Waals surface area contributed by atoms with Gasteiger partial charge in [-0.05, 0) is 47.5 Å². The Hall–Kier alpha value is -1.27. The van der Waals surface area contributed by atoms with Crippen molar-refractivity contribution in [2.45, 2.75) is 38.4 Å². The molecular formula is C15H19BrN2O3. The van der Waals surface area contributed by atoms with Crippen LogP contribution in [0.4, 0.5) is 0 Å². The first kappa shape index (κ1) is 14.7. The zero-order valence-electron chi connectivity index (χ0n) is 12.1. The van der Waals surface area contributed by atoms with Gasteiger partial charge in [-0.15, -0.1) is 0 Å². The molecule has 1 aromatic carbocycles. The third-order valence-electron chi connectivity index (χ3n) is 3.92. The van der Waals surface area contributed by atoms with Crippen molar-refractivity contribution in [2.24, 2.45) is 5.73 Å². The predicted molar refractivity (Wildman–Crippen MR) is 82.4 cm³/mol. The Labute approximate surface area is 132 Å². The highest BCUT2D eigenvalue weighted by Crippen LogP contribution is 2.43. The monoisotopic (exact) mass is 354 g/mol. The van der Waals surface area contributed by atoms with Crippen molar-refractivity contribution in [3.05, 3.63) is 22.2 Å². The van der Waals surface area contributed by atoms with Crippen LogP contribution in [0.5, 0.6) is 11.5 Å². The third-order valence-corrected chi connectivity index (χ3v) is 4.51. The summed E-state index contributed by atoms with van der Waals surface area (Å²) in [6.45, 7) is 5.10. The largest absolute Gasteiger partial charge is 0.486 e. The van der Waals surface area contributed by atoms with Gasteiger partial charge >= 0.3 is 0 Å². The molecule has 1 saturated heterocycles. The van der Waals surface area contributed by atoms with Gasteiger partial charge in [0.2, 0.25) is 5.91 Å². The summed E-state index contributed by atoms with van der Waals surface area (Å²) < 4.78 is 12.1. The van der Waals surface area contributed by atoms with E-state index in [9.17, 15) is 4.79 Å². The molecule has 2 aliphatic rings. The molecule has 1 amide bonds. The van der Waals surface area contributed by atoms with Crippen LogP contribution in [0.1, 0.15) is 31.9 Å². The number of likely N-dealkylation sites (tertiary alicyclic amines) is 1. The van der Waals surface area contributed by atoms with Gasteiger partial charge in [0.1, 0.15) is 13.2 Å². The van der Waals surface area contributed by atoms with E-state index in [1.807, 2.05) is 30.9 Å². The summed E-state index contributed by atoms with van der Waals surface area (Å²) in [6.07, 6.45) is 0.384. The molecule has 114 valence electrons. The van der Waals surface area contributed by atoms with Crippen LogP contribution in [0.25, 0.3) is 0 Å². The maximum Gasteiger partial charge on any atom is 0.225 e. The number of nitrogens with zero attached hydrogens (tertiary/aromatic N) is 1. The molecule has 2 N–H and O–H groups in total. The van der Waals surface area contributed by atoms with Gasteiger partial charge < -0.3 is 20.1 Å². The fraction of sp³-hybridized carbons (Fsp3) is 0.533. The van der Waals surface area contributed by atoms with Gasteiger partial charge in [0, 0.05) is 18.5 Å². The minimum Gasteiger partial charge on any atom is -0.486 e. The lowest BCUT2D eigenvalue weighted by atomic mass is 9.99. The number of ether oxygens (including phenoxy) is 2. The van der Waals surface area contributed by atoms with Gasteiger partial charge in [-0.1, -0.05) is 0 Å². The Morgan fingerprint density at radius 3 is 2.76 bits per heavy atom. The number of hydrogen-bond donors (Lipinski definition) is 1. The van der Waals surface area contributed by atoms with Gasteiger partial charge in [0.15, 0.2) is 11.5 Å². The van der Waals surface area contributed by atoms with E-state index in [0.29, 0.717) is 25.4 Å². The molecule has 0 saturated carbocycles. The number of fused-ring (bicyclic) bond motifs is 1. The molecule has 6 heteroatoms. The summed E-state index contributed by atoms with van der Waals surface area (Å²) in [5.41, 5.74) is 7.19. The normalized spacial score (nSPS) is 24.8. The quantitative estimate of drug-likeness (QED) is 0.884. The molecule has 2 atom stereocenters. The van der Waals surface area contributed by atoms with Crippen LogP contribution in [0.3, 0.4) is 0 Å². The number of carbonyl (C=O) groups is 1. The molecule has 0 aromatic heterocycles. The van der Waals surface area contributed by atoms with E-state index in [-0.39, 0.29) is 24.0 Å². The molecule has 2 heterocycles. The fourth-order valence-corrected chi connectivity index (χ4v) is 3.67. The molecule has 21 heavy (non-hydrogen) atoms. The fourth-order valence-electron chi connectivity index (χ4n) is 3.10. The first-order chi connectivity index (χ1) is 9.99. The van der Waals surface area contributed by atoms with Crippen molar-refractivity contribution < 1.29 is 14.3 Å². The molecule has 5 nitrogen and oxygen atoms in total. The van der Waals surface area contributed by atoms with Crippen LogP contribution in [-0.4, -0.2) is 36.1 Å². The van der Waals surface area contributed by atoms with Crippen molar-refractivity contribution in [2.75, 3.05) is 13.2 Å². The Bertz CT molecular complexity index is 576. The number of halogens is 1. The number of hydrogen-bond acceptors (Lipinski definition) is 4. The highest BCUT2D eigenvalue weighted by Gasteiger charge is 2.40. The van der Waals surface area contributed by atoms with E-state index in [2.05, 4.69) is 15.9 Å². The van der Waals surface area contributed by atoms with Crippen molar-refractivity contribution >= 4 is 21.8 Å². The van der Waals surface area contributed by atoms with Crippen LogP contribution in [0, 0.1) is 0 Å². The highest BCUT2D eigenvalue weighted by molar-refractivity contribution is 9.10. The lowest BCUT2D eigenvalue weighted by molar-refractivity contribution is -0.130. The van der Waals surface area contributed by atoms with Crippen LogP contribution in [0.15, 0.2) is 16.6 Å². The Morgan fingerprint density at radius 2 is 2.05 bits per heavy atom. The molecule has 2 unspecified atom stereocenters. The van der Waals surface area contributed by atoms with Gasteiger partial charge in [-0.3, -0.25) is 4.79 Å². The van der Waals surface area contributed by atoms with Gasteiger partial charge in [0.05, 0.1) is 10.5 Å². The number of benzene rings is 1. The number of carbonyl (C=O) groups excluding carboxylic acids is 1. The molecule has 0 spiro atoms. The first-order valence-electron chi connectivity index (χ1n) is 7.15. The minimum absolute atomic E-state index is 0.105. The number of amides is 1. The third kappa shape index (κ3) is 2.51.